The molecule has 0 radical (unpaired) electrons. The molecule has 4 aliphatic heterocycles. The first-order valence-corrected chi connectivity index (χ1v) is 44.1. The molecule has 4 aromatic rings. The number of carbonyl (C=O) groups excluding carboxylic acids is 17. The highest BCUT2D eigenvalue weighted by Gasteiger charge is 2.47. The number of aromatic amines is 1. The van der Waals surface area contributed by atoms with Crippen molar-refractivity contribution in [3.8, 4) is 5.75 Å². The first-order chi connectivity index (χ1) is 62.3. The minimum atomic E-state index is -2.24. The Hall–Kier alpha value is -13.6. The number of phenolic OH excluding ortho intramolecular Hbond substituents is 1. The Balaban J connectivity index is 1.19. The van der Waals surface area contributed by atoms with Gasteiger partial charge in [0.2, 0.25) is 82.7 Å². The number of nitrogens with zero attached hydrogens (tertiary/aromatic N) is 1. The maximum atomic E-state index is 16.0. The fraction of sp³-hybridized carbons (Fsp3) is 0.545. The summed E-state index contributed by atoms with van der Waals surface area (Å²) in [7, 11) is 0. The van der Waals surface area contributed by atoms with E-state index in [1.807, 2.05) is 0 Å². The summed E-state index contributed by atoms with van der Waals surface area (Å²) < 4.78 is 11.7. The summed E-state index contributed by atoms with van der Waals surface area (Å²) in [4.78, 5) is 285. The van der Waals surface area contributed by atoms with E-state index in [2.05, 4.69) is 79.4 Å². The van der Waals surface area contributed by atoms with Crippen LogP contribution in [0.5, 0.6) is 5.75 Å². The third-order valence-electron chi connectivity index (χ3n) is 23.5. The Morgan fingerprint density at radius 3 is 1.91 bits per heavy atom. The molecule has 5 fully saturated rings. The third kappa shape index (κ3) is 29.7. The molecule has 43 heteroatoms. The van der Waals surface area contributed by atoms with Crippen molar-refractivity contribution in [2.75, 3.05) is 26.2 Å². The zero-order valence-electron chi connectivity index (χ0n) is 73.5. The van der Waals surface area contributed by atoms with Crippen molar-refractivity contribution in [2.45, 2.75) is 254 Å². The van der Waals surface area contributed by atoms with Gasteiger partial charge < -0.3 is 121 Å². The Labute approximate surface area is 754 Å². The second-order valence-electron chi connectivity index (χ2n) is 34.3. The Bertz CT molecular complexity index is 4860. The van der Waals surface area contributed by atoms with Crippen LogP contribution in [-0.4, -0.2) is 260 Å². The van der Waals surface area contributed by atoms with E-state index in [-0.39, 0.29) is 114 Å². The Kier molecular flexibility index (Phi) is 37.2. The van der Waals surface area contributed by atoms with Gasteiger partial charge in [-0.1, -0.05) is 94.8 Å². The first kappa shape index (κ1) is 101. The predicted molar refractivity (Wildman–Crippen MR) is 465 cm³/mol. The largest absolute Gasteiger partial charge is 0.508 e. The molecule has 4 saturated heterocycles. The van der Waals surface area contributed by atoms with Crippen LogP contribution in [0.25, 0.3) is 10.9 Å². The normalized spacial score (nSPS) is 24.9. The van der Waals surface area contributed by atoms with E-state index in [9.17, 15) is 53.7 Å². The molecule has 1 unspecified atom stereocenters. The fourth-order valence-corrected chi connectivity index (χ4v) is 16.4. The van der Waals surface area contributed by atoms with Gasteiger partial charge in [-0.25, -0.2) is 4.79 Å². The van der Waals surface area contributed by atoms with Crippen LogP contribution < -0.4 is 85.9 Å². The molecular weight excluding hydrogens is 1710 g/mol. The second-order valence-corrected chi connectivity index (χ2v) is 34.3. The number of nitrogens with one attached hydrogen (secondary N) is 16. The number of H-pyrrole nitrogens is 1. The molecule has 3 aromatic carbocycles. The number of carbonyl (C=O) groups is 19. The van der Waals surface area contributed by atoms with E-state index in [0.717, 1.165) is 6.92 Å². The fourth-order valence-electron chi connectivity index (χ4n) is 16.4. The number of ether oxygens (including phenoxy) is 2. The summed E-state index contributed by atoms with van der Waals surface area (Å²) in [6.45, 7) is 6.15. The third-order valence-corrected chi connectivity index (χ3v) is 23.5. The lowest BCUT2D eigenvalue weighted by atomic mass is 9.85. The number of Topliss-reactive ketones (excluding diaryl/α,β-unsaturated/α-hetero) is 1. The van der Waals surface area contributed by atoms with Crippen LogP contribution in [0.3, 0.4) is 0 Å². The summed E-state index contributed by atoms with van der Waals surface area (Å²) in [6, 6.07) is -4.28. The molecule has 17 atom stereocenters. The van der Waals surface area contributed by atoms with Gasteiger partial charge in [0.15, 0.2) is 11.7 Å². The summed E-state index contributed by atoms with van der Waals surface area (Å²) in [5.41, 5.74) is 13.2. The highest BCUT2D eigenvalue weighted by Crippen LogP contribution is 2.35. The molecule has 4 bridgehead atoms. The zero-order chi connectivity index (χ0) is 95.4. The maximum Gasteiger partial charge on any atom is 0.326 e. The van der Waals surface area contributed by atoms with Gasteiger partial charge in [-0.15, -0.1) is 0 Å². The number of fused-ring (bicyclic) bond motifs is 13. The molecule has 1 aromatic heterocycles. The van der Waals surface area contributed by atoms with Gasteiger partial charge in [-0.2, -0.15) is 0 Å². The monoisotopic (exact) mass is 1830 g/mol. The molecule has 710 valence electrons. The topological polar surface area (TPSA) is 667 Å². The number of nitrogens with two attached hydrogens (primary N) is 2. The number of cyclic esters (lactones) is 1. The number of guanidine groups is 1. The Morgan fingerprint density at radius 2 is 1.21 bits per heavy atom. The lowest BCUT2D eigenvalue weighted by molar-refractivity contribution is -0.154. The summed E-state index contributed by atoms with van der Waals surface area (Å²) >= 11 is 0. The smallest absolute Gasteiger partial charge is 0.326 e. The summed E-state index contributed by atoms with van der Waals surface area (Å²) in [6.07, 6.45) is -6.67. The first-order valence-electron chi connectivity index (χ1n) is 44.1. The van der Waals surface area contributed by atoms with Crippen molar-refractivity contribution in [3.05, 3.63) is 102 Å². The van der Waals surface area contributed by atoms with E-state index in [4.69, 9.17) is 26.4 Å². The lowest BCUT2D eigenvalue weighted by Gasteiger charge is -2.32. The number of carboxylic acids is 2. The number of ketones is 1. The second kappa shape index (κ2) is 48.1. The van der Waals surface area contributed by atoms with E-state index >= 15 is 52.7 Å². The van der Waals surface area contributed by atoms with Gasteiger partial charge in [-0.3, -0.25) is 91.7 Å². The molecule has 1 saturated carbocycles. The zero-order valence-corrected chi connectivity index (χ0v) is 73.5. The van der Waals surface area contributed by atoms with Gasteiger partial charge in [0.25, 0.3) is 0 Å². The minimum Gasteiger partial charge on any atom is -0.508 e. The SMILES string of the molecule is CC(C)C[C@@H]1NC(=O)[C@@H]2CC(=O)O[C@H](C)[C@H](NC(=O)[C@H](Cc3c[nH]c4ccccc34)NC(=O)[C@@H]3CCCN3C(=O)[C@@H](NC(=O)[C@@H](N)CCC(=O)O)C(C)C)C(=O)N[C@@H](Cc3ccc(O)cc3)C(=O)N[C@H]3CCCCNC(=O)C[C@@H](C(=O)N[C@@H](CCCNC(=N)N)C(=O)O)NC(=O)[C@H](CCC(=O)OC[C@H](NC(=O)[C@@H]4CCCC4C(=O)[C@H](Cc4ccccc4)NC3=O)C(=O)N2)NC1=O. The number of carboxylic acid groups (broad SMARTS) is 2. The van der Waals surface area contributed by atoms with Crippen molar-refractivity contribution >= 4 is 129 Å². The molecular formula is C88H119N19O24. The number of para-hydroxylation sites is 1. The van der Waals surface area contributed by atoms with E-state index < -0.39 is 284 Å². The van der Waals surface area contributed by atoms with Crippen molar-refractivity contribution in [3.63, 3.8) is 0 Å². The standard InChI is InChI=1S/C88H119N19O24/c1-44(2)36-60-78(119)96-57-30-32-69(112)130-43-65-83(124)101-64(81(122)99-60)41-70(113)131-46(5)72(106-82(123)62(39-49-42-94-55-21-10-9-18-51(49)55)102-84(125)66-24-15-35-107(66)86(127)71(45(3)4)105-75(116)54(89)29-31-68(110)111)85(126)103-61(38-48-25-27-50(108)28-26-48)79(120)95-56(76(117)98-59(37-47-16-7-6-8-17-47)73(114)52-19-13-20-53(52)74(115)104-65)22-11-12-33-92-67(109)40-63(100-77(57)118)80(121)97-58(87(128)129)23-14-34-93-88(90)91/h6-10,16-18,21,25-28,42,44-46,52-54,56-66,71-72,94,108H,11-15,19-20,22-24,29-41,43,89H2,1-5H3,(H,92,109)(H,95,120)(H,96,119)(H,97,121)(H,98,117)(H,99,122)(H,100,118)(H,101,124)(H,102,125)(H,103,126)(H,104,115)(H,105,116)(H,106,123)(H,110,111)(H,128,129)(H4,90,91,93)/t46-,52?,53-,54+,56+,57+,58+,59+,60+,61+,62+,63+,64+,65+,66+,71+,72+/m1/s1. The summed E-state index contributed by atoms with van der Waals surface area (Å²) in [5, 5.41) is 74.2. The van der Waals surface area contributed by atoms with Gasteiger partial charge in [-0.05, 0) is 137 Å². The van der Waals surface area contributed by atoms with Crippen LogP contribution >= 0.6 is 0 Å². The number of aliphatic carboxylic acids is 2. The van der Waals surface area contributed by atoms with Gasteiger partial charge in [0.1, 0.15) is 91.0 Å². The molecule has 1 aliphatic carbocycles. The summed E-state index contributed by atoms with van der Waals surface area (Å²) in [5.74, 6) is -26.0. The van der Waals surface area contributed by atoms with Gasteiger partial charge >= 0.3 is 23.9 Å². The highest BCUT2D eigenvalue weighted by molar-refractivity contribution is 6.03. The number of amides is 14. The number of phenols is 1. The van der Waals surface area contributed by atoms with Crippen molar-refractivity contribution in [1.29, 1.82) is 5.41 Å². The molecule has 9 rings (SSSR count). The highest BCUT2D eigenvalue weighted by atomic mass is 16.5. The molecule has 0 spiro atoms. The average molecular weight is 1830 g/mol. The average Bonchev–Trinajstić information content (AvgIpc) is 1.70. The quantitative estimate of drug-likeness (QED) is 0.0132. The number of aromatic hydroxyl groups is 1. The number of likely N-dealkylation sites (tertiary alicyclic amines) is 1. The van der Waals surface area contributed by atoms with Crippen molar-refractivity contribution in [1.82, 2.24) is 84.3 Å². The Morgan fingerprint density at radius 1 is 0.595 bits per heavy atom. The number of rotatable bonds is 26. The molecule has 23 N–H and O–H groups in total. The molecule has 43 nitrogen and oxygen atoms in total. The number of hydrogen-bond acceptors (Lipinski definition) is 24. The van der Waals surface area contributed by atoms with Crippen LogP contribution in [0.15, 0.2) is 85.1 Å². The van der Waals surface area contributed by atoms with Gasteiger partial charge in [0, 0.05) is 74.3 Å². The lowest BCUT2D eigenvalue weighted by Crippen LogP contribution is -2.63. The number of benzene rings is 3. The van der Waals surface area contributed by atoms with Crippen LogP contribution in [-0.2, 0) is 120 Å². The van der Waals surface area contributed by atoms with Gasteiger partial charge in [0.05, 0.1) is 24.9 Å². The van der Waals surface area contributed by atoms with E-state index in [0.29, 0.717) is 22.0 Å². The van der Waals surface area contributed by atoms with Crippen LogP contribution in [0, 0.1) is 29.1 Å². The van der Waals surface area contributed by atoms with Crippen molar-refractivity contribution < 1.29 is 116 Å². The number of hydrogen-bond donors (Lipinski definition) is 21. The number of esters is 2. The van der Waals surface area contributed by atoms with Crippen molar-refractivity contribution in [2.24, 2.45) is 35.1 Å². The molecule has 5 aliphatic rings. The van der Waals surface area contributed by atoms with Crippen LogP contribution in [0.1, 0.15) is 160 Å². The van der Waals surface area contributed by atoms with E-state index in [1.54, 1.807) is 88.5 Å². The predicted octanol–water partition coefficient (Wildman–Crippen LogP) is -2.70. The molecule has 131 heavy (non-hydrogen) atoms. The maximum absolute atomic E-state index is 16.0. The number of aromatic nitrogens is 1. The minimum absolute atomic E-state index is 0.00646. The van der Waals surface area contributed by atoms with Crippen LogP contribution in [0.4, 0.5) is 0 Å². The molecule has 5 heterocycles. The van der Waals surface area contributed by atoms with E-state index in [1.165, 1.54) is 29.2 Å². The molecule has 14 amide bonds. The van der Waals surface area contributed by atoms with Crippen LogP contribution in [0.2, 0.25) is 0 Å².